The van der Waals surface area contributed by atoms with Crippen molar-refractivity contribution in [1.82, 2.24) is 5.23 Å². The Kier molecular flexibility index (Phi) is 11.9. The van der Waals surface area contributed by atoms with E-state index in [9.17, 15) is 0 Å². The van der Waals surface area contributed by atoms with Crippen LogP contribution >= 0.6 is 0 Å². The second kappa shape index (κ2) is 18.3. The fraction of sp³-hybridized carbons (Fsp3) is 0.125. The first kappa shape index (κ1) is 37.8. The monoisotopic (exact) mass is 760 g/mol. The molecule has 9 rings (SSSR count). The van der Waals surface area contributed by atoms with Crippen molar-refractivity contribution in [2.75, 3.05) is 44.5 Å². The number of hydrogen-bond acceptors (Lipinski definition) is 7. The molecule has 3 aliphatic rings. The van der Waals surface area contributed by atoms with Gasteiger partial charge in [-0.2, -0.15) is 0 Å². The molecule has 1 N–H and O–H groups in total. The minimum absolute atomic E-state index is 0.0125. The van der Waals surface area contributed by atoms with Crippen LogP contribution in [0, 0.1) is 0 Å². The third-order valence-corrected chi connectivity index (χ3v) is 10.5. The van der Waals surface area contributed by atoms with E-state index in [4.69, 9.17) is 23.3 Å². The van der Waals surface area contributed by atoms with Crippen molar-refractivity contribution in [3.8, 4) is 0 Å². The van der Waals surface area contributed by atoms with Gasteiger partial charge in [0.2, 0.25) is 0 Å². The van der Waals surface area contributed by atoms with Crippen LogP contribution in [0.2, 0.25) is 0 Å². The van der Waals surface area contributed by atoms with Crippen molar-refractivity contribution in [1.29, 1.82) is 0 Å². The van der Waals surface area contributed by atoms with Crippen LogP contribution in [-0.2, 0) is 23.3 Å². The summed E-state index contributed by atoms with van der Waals surface area (Å²) in [6.45, 7) is 4.19. The number of nitrogens with one attached hydrogen (secondary N) is 1. The van der Waals surface area contributed by atoms with Crippen LogP contribution < -0.4 is 26.5 Å². The van der Waals surface area contributed by atoms with E-state index in [1.807, 2.05) is 0 Å². The lowest BCUT2D eigenvalue weighted by Crippen LogP contribution is -2.41. The van der Waals surface area contributed by atoms with Crippen molar-refractivity contribution in [3.63, 3.8) is 0 Å². The lowest BCUT2D eigenvalue weighted by Gasteiger charge is -2.26. The minimum atomic E-state index is -0.261. The Bertz CT molecular complexity index is 2060. The Morgan fingerprint density at radius 2 is 0.638 bits per heavy atom. The quantitative estimate of drug-likeness (QED) is 0.103. The fourth-order valence-electron chi connectivity index (χ4n) is 7.28. The van der Waals surface area contributed by atoms with Crippen LogP contribution in [0.5, 0.6) is 0 Å². The molecule has 58 heavy (non-hydrogen) atoms. The molecule has 0 amide bonds. The Morgan fingerprint density at radius 3 is 0.931 bits per heavy atom. The van der Waals surface area contributed by atoms with E-state index in [0.717, 1.165) is 80.0 Å². The number of benzene rings is 6. The molecule has 6 aromatic rings. The molecule has 0 bridgehead atoms. The summed E-state index contributed by atoms with van der Waals surface area (Å²) in [5.74, 6) is 0. The van der Waals surface area contributed by atoms with Crippen LogP contribution in [0.1, 0.15) is 33.4 Å². The van der Waals surface area contributed by atoms with E-state index >= 15 is 0 Å². The second-order valence-corrected chi connectivity index (χ2v) is 14.5. The second-order valence-electron chi connectivity index (χ2n) is 14.5. The van der Waals surface area contributed by atoms with Gasteiger partial charge < -0.3 is 33.4 Å². The third-order valence-electron chi connectivity index (χ3n) is 10.5. The van der Waals surface area contributed by atoms with Crippen molar-refractivity contribution in [3.05, 3.63) is 179 Å². The van der Waals surface area contributed by atoms with E-state index in [1.54, 1.807) is 0 Å². The summed E-state index contributed by atoms with van der Waals surface area (Å²) < 4.78 is 28.3. The average molecular weight is 760 g/mol. The normalized spacial score (nSPS) is 15.8. The molecule has 0 aliphatic carbocycles. The first-order valence-electron chi connectivity index (χ1n) is 20.0. The summed E-state index contributed by atoms with van der Waals surface area (Å²) in [6.07, 6.45) is 12.9. The van der Waals surface area contributed by atoms with Crippen LogP contribution in [0.15, 0.2) is 146 Å². The number of hydrogen-bond donors (Lipinski definition) is 1. The van der Waals surface area contributed by atoms with Gasteiger partial charge in [0, 0.05) is 30.2 Å². The van der Waals surface area contributed by atoms with Crippen molar-refractivity contribution < 1.29 is 23.3 Å². The fourth-order valence-corrected chi connectivity index (χ4v) is 7.28. The molecule has 3 aliphatic heterocycles. The van der Waals surface area contributed by atoms with Crippen molar-refractivity contribution in [2.45, 2.75) is 0 Å². The first-order valence-corrected chi connectivity index (χ1v) is 20.0. The van der Waals surface area contributed by atoms with Gasteiger partial charge in [0.1, 0.15) is 0 Å². The third kappa shape index (κ3) is 9.36. The molecule has 3 saturated heterocycles. The van der Waals surface area contributed by atoms with E-state index < -0.39 is 0 Å². The first-order chi connectivity index (χ1) is 28.7. The average Bonchev–Trinajstić information content (AvgIpc) is 4.12. The topological polar surface area (TPSA) is 61.4 Å². The summed E-state index contributed by atoms with van der Waals surface area (Å²) in [7, 11) is -0.534. The summed E-state index contributed by atoms with van der Waals surface area (Å²) in [6, 6.07) is 51.3. The highest BCUT2D eigenvalue weighted by Crippen LogP contribution is 2.35. The Morgan fingerprint density at radius 1 is 0.345 bits per heavy atom. The van der Waals surface area contributed by atoms with Crippen LogP contribution in [0.4, 0.5) is 17.1 Å². The Labute approximate surface area is 342 Å². The zero-order chi connectivity index (χ0) is 38.9. The van der Waals surface area contributed by atoms with Crippen molar-refractivity contribution >= 4 is 91.2 Å². The number of anilines is 3. The van der Waals surface area contributed by atoms with E-state index in [1.165, 1.54) is 0 Å². The molecule has 3 heterocycles. The molecule has 6 aromatic carbocycles. The van der Waals surface area contributed by atoms with Gasteiger partial charge in [-0.25, -0.2) is 0 Å². The lowest BCUT2D eigenvalue weighted by atomic mass is 9.74. The van der Waals surface area contributed by atoms with Crippen LogP contribution in [0.3, 0.4) is 0 Å². The summed E-state index contributed by atoms with van der Waals surface area (Å²) in [4.78, 5) is 2.30. The van der Waals surface area contributed by atoms with Crippen LogP contribution in [-0.4, -0.2) is 60.9 Å². The molecule has 0 unspecified atom stereocenters. The molecular formula is C48H43B3N2O5. The van der Waals surface area contributed by atoms with Gasteiger partial charge in [-0.3, -0.25) is 0 Å². The van der Waals surface area contributed by atoms with Gasteiger partial charge in [-0.15, -0.1) is 0 Å². The molecule has 7 nitrogen and oxygen atoms in total. The highest BCUT2D eigenvalue weighted by Gasteiger charge is 2.27. The maximum Gasteiger partial charge on any atom is 0.494 e. The molecule has 3 fully saturated rings. The highest BCUT2D eigenvalue weighted by atomic mass is 16.6. The Balaban J connectivity index is 0.925. The largest absolute Gasteiger partial charge is 0.494 e. The molecule has 0 atom stereocenters. The highest BCUT2D eigenvalue weighted by molar-refractivity contribution is 6.65. The Hall–Kier alpha value is -5.71. The minimum Gasteiger partial charge on any atom is -0.416 e. The van der Waals surface area contributed by atoms with E-state index in [-0.39, 0.29) is 21.3 Å². The molecular weight excluding hydrogens is 717 g/mol. The van der Waals surface area contributed by atoms with Gasteiger partial charge >= 0.3 is 21.3 Å². The van der Waals surface area contributed by atoms with E-state index in [2.05, 4.69) is 192 Å². The van der Waals surface area contributed by atoms with Gasteiger partial charge in [0.05, 0.1) is 26.4 Å². The predicted octanol–water partition coefficient (Wildman–Crippen LogP) is 7.47. The van der Waals surface area contributed by atoms with Gasteiger partial charge in [0.25, 0.3) is 0 Å². The van der Waals surface area contributed by atoms with E-state index in [0.29, 0.717) is 26.4 Å². The smallest absolute Gasteiger partial charge is 0.416 e. The summed E-state index contributed by atoms with van der Waals surface area (Å²) in [5.41, 5.74) is 13.2. The van der Waals surface area contributed by atoms with Gasteiger partial charge in [0.15, 0.2) is 0 Å². The number of nitrogens with zero attached hydrogens (tertiary/aromatic N) is 1. The molecule has 0 spiro atoms. The molecule has 0 saturated carbocycles. The van der Waals surface area contributed by atoms with Gasteiger partial charge in [-0.1, -0.05) is 146 Å². The zero-order valence-corrected chi connectivity index (χ0v) is 32.3. The summed E-state index contributed by atoms with van der Waals surface area (Å²) >= 11 is 0. The lowest BCUT2D eigenvalue weighted by molar-refractivity contribution is 0.365. The molecule has 0 radical (unpaired) electrons. The molecule has 10 heteroatoms. The van der Waals surface area contributed by atoms with Crippen molar-refractivity contribution in [2.24, 2.45) is 0 Å². The zero-order valence-electron chi connectivity index (χ0n) is 32.3. The van der Waals surface area contributed by atoms with Crippen LogP contribution in [0.25, 0.3) is 36.5 Å². The molecule has 284 valence electrons. The maximum atomic E-state index is 5.75. The standard InChI is InChI=1S/C48H43B3N2O5/c1(37-7-19-43(20-8-37)49-52-31-32-54-49)4-40-13-25-46(26-14-40)53(47-27-15-41(16-28-47)5-2-38-9-21-44(22-10-38)50-55-33-34-56-50)48-29-17-42(18-30-48)6-3-39-11-23-45(24-12-39)51-57-35-36-58-51/h1-30,52H,31-36H2/b4-1+,5-2+,6-3+. The van der Waals surface area contributed by atoms with Gasteiger partial charge in [-0.05, 0) is 86.2 Å². The maximum absolute atomic E-state index is 5.75. The molecule has 0 aromatic heterocycles. The number of rotatable bonds is 12. The predicted molar refractivity (Wildman–Crippen MR) is 241 cm³/mol. The summed E-state index contributed by atoms with van der Waals surface area (Å²) in [5, 5.41) is 3.37. The SMILES string of the molecule is C(=C\c1ccc(N(c2ccc(/C=C/c3ccc(B4OCCO4)cc3)cc2)c2ccc(/C=C/c3ccc(B4OCCO4)cc3)cc2)cc1)/c1ccc(B2NCCO2)cc1.